The molecular weight excluding hydrogens is 382 g/mol. The number of carbonyl (C=O) groups is 2. The Balaban J connectivity index is 1.55. The standard InChI is InChI=1S/C22H31N5O3/c1-14-13-23-21(26-18(14)27(3)4)25-16-10-8-15(9-11-16)24-20(30)22(2)12-6-5-7-17(22)19(28)29/h5-7,12-13,15-17H,8-11H2,1-4H3,(H,24,30)(H,28,29)(H,23,25,26). The van der Waals surface area contributed by atoms with Crippen LogP contribution >= 0.6 is 0 Å². The minimum Gasteiger partial charge on any atom is -0.481 e. The van der Waals surface area contributed by atoms with Gasteiger partial charge in [-0.15, -0.1) is 0 Å². The third kappa shape index (κ3) is 4.63. The van der Waals surface area contributed by atoms with E-state index in [1.807, 2.05) is 32.1 Å². The molecule has 2 aliphatic carbocycles. The molecule has 8 heteroatoms. The molecule has 2 aliphatic rings. The number of allylic oxidation sites excluding steroid dienone is 2. The number of hydrogen-bond donors (Lipinski definition) is 3. The molecule has 1 fully saturated rings. The molecule has 30 heavy (non-hydrogen) atoms. The van der Waals surface area contributed by atoms with Gasteiger partial charge in [0.15, 0.2) is 0 Å². The number of rotatable bonds is 6. The van der Waals surface area contributed by atoms with Crippen LogP contribution in [0, 0.1) is 18.3 Å². The summed E-state index contributed by atoms with van der Waals surface area (Å²) < 4.78 is 0. The van der Waals surface area contributed by atoms with E-state index in [2.05, 4.69) is 20.6 Å². The van der Waals surface area contributed by atoms with E-state index in [-0.39, 0.29) is 18.0 Å². The Morgan fingerprint density at radius 2 is 1.83 bits per heavy atom. The van der Waals surface area contributed by atoms with Gasteiger partial charge in [0.05, 0.1) is 11.3 Å². The summed E-state index contributed by atoms with van der Waals surface area (Å²) in [6, 6.07) is 0.285. The highest BCUT2D eigenvalue weighted by Crippen LogP contribution is 2.34. The van der Waals surface area contributed by atoms with E-state index in [9.17, 15) is 14.7 Å². The minimum absolute atomic E-state index is 0.0393. The number of aryl methyl sites for hydroxylation is 1. The van der Waals surface area contributed by atoms with Crippen LogP contribution in [0.1, 0.15) is 38.2 Å². The van der Waals surface area contributed by atoms with Crippen molar-refractivity contribution in [1.29, 1.82) is 0 Å². The van der Waals surface area contributed by atoms with Gasteiger partial charge < -0.3 is 20.6 Å². The van der Waals surface area contributed by atoms with E-state index < -0.39 is 17.3 Å². The maximum absolute atomic E-state index is 12.9. The van der Waals surface area contributed by atoms with Crippen LogP contribution in [0.15, 0.2) is 30.5 Å². The summed E-state index contributed by atoms with van der Waals surface area (Å²) in [5.41, 5.74) is -0.0506. The zero-order valence-corrected chi connectivity index (χ0v) is 18.1. The Labute approximate surface area is 177 Å². The average molecular weight is 414 g/mol. The number of nitrogens with one attached hydrogen (secondary N) is 2. The molecule has 1 heterocycles. The quantitative estimate of drug-likeness (QED) is 0.658. The molecule has 0 spiro atoms. The molecule has 3 N–H and O–H groups in total. The summed E-state index contributed by atoms with van der Waals surface area (Å²) >= 11 is 0. The predicted octanol–water partition coefficient (Wildman–Crippen LogP) is 2.52. The highest BCUT2D eigenvalue weighted by atomic mass is 16.4. The van der Waals surface area contributed by atoms with Crippen molar-refractivity contribution in [2.75, 3.05) is 24.3 Å². The maximum Gasteiger partial charge on any atom is 0.311 e. The predicted molar refractivity (Wildman–Crippen MR) is 116 cm³/mol. The highest BCUT2D eigenvalue weighted by molar-refractivity contribution is 5.91. The van der Waals surface area contributed by atoms with Gasteiger partial charge in [-0.25, -0.2) is 4.98 Å². The van der Waals surface area contributed by atoms with Gasteiger partial charge in [0.1, 0.15) is 5.82 Å². The highest BCUT2D eigenvalue weighted by Gasteiger charge is 2.43. The average Bonchev–Trinajstić information content (AvgIpc) is 2.70. The summed E-state index contributed by atoms with van der Waals surface area (Å²) in [5, 5.41) is 16.0. The molecule has 2 atom stereocenters. The topological polar surface area (TPSA) is 107 Å². The van der Waals surface area contributed by atoms with Crippen LogP contribution in [0.3, 0.4) is 0 Å². The van der Waals surface area contributed by atoms with Gasteiger partial charge in [-0.1, -0.05) is 24.3 Å². The van der Waals surface area contributed by atoms with Crippen molar-refractivity contribution >= 4 is 23.6 Å². The van der Waals surface area contributed by atoms with Crippen LogP contribution in [0.25, 0.3) is 0 Å². The third-order valence-corrected chi connectivity index (χ3v) is 6.02. The van der Waals surface area contributed by atoms with Crippen LogP contribution in [0.4, 0.5) is 11.8 Å². The van der Waals surface area contributed by atoms with Gasteiger partial charge in [-0.05, 0) is 39.5 Å². The van der Waals surface area contributed by atoms with E-state index in [1.165, 1.54) is 0 Å². The van der Waals surface area contributed by atoms with Crippen LogP contribution in [-0.4, -0.2) is 53.1 Å². The first-order chi connectivity index (χ1) is 14.2. The van der Waals surface area contributed by atoms with Gasteiger partial charge >= 0.3 is 5.97 Å². The monoisotopic (exact) mass is 413 g/mol. The number of aliphatic carboxylic acids is 1. The minimum atomic E-state index is -1.08. The van der Waals surface area contributed by atoms with Crippen molar-refractivity contribution in [3.63, 3.8) is 0 Å². The summed E-state index contributed by atoms with van der Waals surface area (Å²) in [6.07, 6.45) is 11.9. The SMILES string of the molecule is Cc1cnc(NC2CCC(NC(=O)C3(C)C=CC=CC3C(=O)O)CC2)nc1N(C)C. The molecule has 0 aliphatic heterocycles. The summed E-state index contributed by atoms with van der Waals surface area (Å²) in [5.74, 6) is -0.567. The zero-order chi connectivity index (χ0) is 21.9. The fourth-order valence-corrected chi connectivity index (χ4v) is 4.15. The Morgan fingerprint density at radius 3 is 2.47 bits per heavy atom. The summed E-state index contributed by atoms with van der Waals surface area (Å²) in [7, 11) is 3.92. The Morgan fingerprint density at radius 1 is 1.17 bits per heavy atom. The zero-order valence-electron chi connectivity index (χ0n) is 18.1. The molecule has 1 aromatic rings. The number of anilines is 2. The van der Waals surface area contributed by atoms with Crippen molar-refractivity contribution in [2.45, 2.75) is 51.6 Å². The fraction of sp³-hybridized carbons (Fsp3) is 0.545. The van der Waals surface area contributed by atoms with Crippen molar-refractivity contribution in [3.8, 4) is 0 Å². The molecule has 162 valence electrons. The van der Waals surface area contributed by atoms with Crippen LogP contribution in [0.2, 0.25) is 0 Å². The molecule has 0 saturated heterocycles. The van der Waals surface area contributed by atoms with E-state index in [1.54, 1.807) is 31.2 Å². The number of carboxylic acids is 1. The van der Waals surface area contributed by atoms with Gasteiger partial charge in [0.25, 0.3) is 0 Å². The first-order valence-corrected chi connectivity index (χ1v) is 10.4. The Bertz CT molecular complexity index is 858. The van der Waals surface area contributed by atoms with Crippen molar-refractivity contribution in [3.05, 3.63) is 36.1 Å². The van der Waals surface area contributed by atoms with E-state index in [0.717, 1.165) is 37.1 Å². The van der Waals surface area contributed by atoms with Crippen LogP contribution in [0.5, 0.6) is 0 Å². The molecule has 0 bridgehead atoms. The number of nitrogens with zero attached hydrogens (tertiary/aromatic N) is 3. The first-order valence-electron chi connectivity index (χ1n) is 10.4. The smallest absolute Gasteiger partial charge is 0.311 e. The maximum atomic E-state index is 12.9. The lowest BCUT2D eigenvalue weighted by Crippen LogP contribution is -2.50. The van der Waals surface area contributed by atoms with Gasteiger partial charge in [-0.2, -0.15) is 4.98 Å². The number of amides is 1. The second kappa shape index (κ2) is 8.85. The molecule has 1 amide bonds. The number of hydrogen-bond acceptors (Lipinski definition) is 6. The molecule has 8 nitrogen and oxygen atoms in total. The summed E-state index contributed by atoms with van der Waals surface area (Å²) in [6.45, 7) is 3.67. The lowest BCUT2D eigenvalue weighted by molar-refractivity contribution is -0.148. The van der Waals surface area contributed by atoms with Gasteiger partial charge in [-0.3, -0.25) is 9.59 Å². The van der Waals surface area contributed by atoms with Gasteiger partial charge in [0, 0.05) is 37.9 Å². The molecule has 0 aromatic carbocycles. The molecule has 3 rings (SSSR count). The molecule has 1 aromatic heterocycles. The van der Waals surface area contributed by atoms with Crippen molar-refractivity contribution in [2.24, 2.45) is 11.3 Å². The molecule has 2 unspecified atom stereocenters. The molecule has 0 radical (unpaired) electrons. The largest absolute Gasteiger partial charge is 0.481 e. The first kappa shape index (κ1) is 21.8. The Hall–Kier alpha value is -2.90. The normalized spacial score (nSPS) is 28.1. The summed E-state index contributed by atoms with van der Waals surface area (Å²) in [4.78, 5) is 35.4. The lowest BCUT2D eigenvalue weighted by Gasteiger charge is -2.35. The number of carboxylic acid groups (broad SMARTS) is 1. The number of carbonyl (C=O) groups excluding carboxylic acids is 1. The molecular formula is C22H31N5O3. The van der Waals surface area contributed by atoms with Crippen molar-refractivity contribution in [1.82, 2.24) is 15.3 Å². The van der Waals surface area contributed by atoms with E-state index in [4.69, 9.17) is 0 Å². The van der Waals surface area contributed by atoms with Crippen LogP contribution < -0.4 is 15.5 Å². The molecule has 1 saturated carbocycles. The van der Waals surface area contributed by atoms with Gasteiger partial charge in [0.2, 0.25) is 11.9 Å². The lowest BCUT2D eigenvalue weighted by atomic mass is 9.73. The third-order valence-electron chi connectivity index (χ3n) is 6.02. The van der Waals surface area contributed by atoms with E-state index >= 15 is 0 Å². The Kier molecular flexibility index (Phi) is 6.43. The number of aromatic nitrogens is 2. The van der Waals surface area contributed by atoms with E-state index in [0.29, 0.717) is 5.95 Å². The second-order valence-corrected chi connectivity index (χ2v) is 8.60. The fourth-order valence-electron chi connectivity index (χ4n) is 4.15. The van der Waals surface area contributed by atoms with Crippen LogP contribution in [-0.2, 0) is 9.59 Å². The van der Waals surface area contributed by atoms with Crippen molar-refractivity contribution < 1.29 is 14.7 Å². The second-order valence-electron chi connectivity index (χ2n) is 8.60.